The fourth-order valence-corrected chi connectivity index (χ4v) is 1.97. The first kappa shape index (κ1) is 12.3. The zero-order chi connectivity index (χ0) is 11.9. The van der Waals surface area contributed by atoms with Crippen molar-refractivity contribution < 1.29 is 9.47 Å². The van der Waals surface area contributed by atoms with Gasteiger partial charge in [0.05, 0.1) is 6.61 Å². The summed E-state index contributed by atoms with van der Waals surface area (Å²) in [5.41, 5.74) is 2.46. The monoisotopic (exact) mass is 232 g/mol. The number of ether oxygens (including phenoxy) is 2. The zero-order valence-corrected chi connectivity index (χ0v) is 10.2. The summed E-state index contributed by atoms with van der Waals surface area (Å²) in [6.07, 6.45) is 6.25. The van der Waals surface area contributed by atoms with Crippen molar-refractivity contribution in [2.24, 2.45) is 0 Å². The van der Waals surface area contributed by atoms with Crippen LogP contribution in [0.25, 0.3) is 6.08 Å². The van der Waals surface area contributed by atoms with Crippen LogP contribution in [-0.2, 0) is 15.9 Å². The maximum atomic E-state index is 5.70. The molecule has 0 amide bonds. The normalized spacial score (nSPS) is 20.1. The van der Waals surface area contributed by atoms with Crippen LogP contribution in [0, 0.1) is 0 Å². The molecule has 2 nitrogen and oxygen atoms in total. The topological polar surface area (TPSA) is 18.5 Å². The highest BCUT2D eigenvalue weighted by Gasteiger charge is 2.13. The Morgan fingerprint density at radius 3 is 2.76 bits per heavy atom. The van der Waals surface area contributed by atoms with Crippen molar-refractivity contribution in [3.05, 3.63) is 42.0 Å². The summed E-state index contributed by atoms with van der Waals surface area (Å²) < 4.78 is 11.2. The van der Waals surface area contributed by atoms with Crippen molar-refractivity contribution in [1.29, 1.82) is 0 Å². The third kappa shape index (κ3) is 3.99. The van der Waals surface area contributed by atoms with E-state index in [-0.39, 0.29) is 6.29 Å². The van der Waals surface area contributed by atoms with Crippen molar-refractivity contribution in [1.82, 2.24) is 0 Å². The van der Waals surface area contributed by atoms with Crippen LogP contribution in [0.3, 0.4) is 0 Å². The van der Waals surface area contributed by atoms with Crippen LogP contribution in [0.1, 0.15) is 30.4 Å². The van der Waals surface area contributed by atoms with Gasteiger partial charge in [0, 0.05) is 6.61 Å². The third-order valence-corrected chi connectivity index (χ3v) is 3.05. The van der Waals surface area contributed by atoms with Crippen LogP contribution in [0.15, 0.2) is 30.8 Å². The van der Waals surface area contributed by atoms with Crippen molar-refractivity contribution in [2.45, 2.75) is 32.0 Å². The Morgan fingerprint density at radius 1 is 1.29 bits per heavy atom. The largest absolute Gasteiger partial charge is 0.353 e. The Balaban J connectivity index is 1.71. The minimum Gasteiger partial charge on any atom is -0.353 e. The van der Waals surface area contributed by atoms with E-state index in [1.807, 2.05) is 6.08 Å². The molecule has 1 heterocycles. The Bertz CT molecular complexity index is 336. The Labute approximate surface area is 103 Å². The molecular formula is C15H20O2. The second kappa shape index (κ2) is 6.58. The molecule has 2 rings (SSSR count). The van der Waals surface area contributed by atoms with Gasteiger partial charge in [-0.2, -0.15) is 0 Å². The van der Waals surface area contributed by atoms with Crippen LogP contribution < -0.4 is 0 Å². The summed E-state index contributed by atoms with van der Waals surface area (Å²) in [5.74, 6) is 0. The van der Waals surface area contributed by atoms with Crippen LogP contribution in [0.4, 0.5) is 0 Å². The van der Waals surface area contributed by atoms with E-state index in [0.29, 0.717) is 0 Å². The van der Waals surface area contributed by atoms with Gasteiger partial charge in [-0.25, -0.2) is 0 Å². The third-order valence-electron chi connectivity index (χ3n) is 3.05. The minimum absolute atomic E-state index is 0.0243. The lowest BCUT2D eigenvalue weighted by Gasteiger charge is -2.22. The molecule has 0 spiro atoms. The number of benzene rings is 1. The van der Waals surface area contributed by atoms with Gasteiger partial charge < -0.3 is 9.47 Å². The predicted molar refractivity (Wildman–Crippen MR) is 69.8 cm³/mol. The molecule has 1 aliphatic rings. The molecule has 0 aromatic heterocycles. The Morgan fingerprint density at radius 2 is 2.12 bits per heavy atom. The van der Waals surface area contributed by atoms with Crippen molar-refractivity contribution in [2.75, 3.05) is 13.2 Å². The highest BCUT2D eigenvalue weighted by molar-refractivity contribution is 5.47. The van der Waals surface area contributed by atoms with E-state index < -0.39 is 0 Å². The Kier molecular flexibility index (Phi) is 4.77. The lowest BCUT2D eigenvalue weighted by molar-refractivity contribution is -0.161. The number of rotatable bonds is 5. The van der Waals surface area contributed by atoms with E-state index in [9.17, 15) is 0 Å². The van der Waals surface area contributed by atoms with Gasteiger partial charge in [0.25, 0.3) is 0 Å². The van der Waals surface area contributed by atoms with E-state index >= 15 is 0 Å². The molecule has 0 radical (unpaired) electrons. The second-order valence-corrected chi connectivity index (χ2v) is 4.36. The summed E-state index contributed by atoms with van der Waals surface area (Å²) >= 11 is 0. The first-order valence-electron chi connectivity index (χ1n) is 6.33. The summed E-state index contributed by atoms with van der Waals surface area (Å²) in [4.78, 5) is 0. The van der Waals surface area contributed by atoms with Gasteiger partial charge in [-0.15, -0.1) is 0 Å². The lowest BCUT2D eigenvalue weighted by Crippen LogP contribution is -2.23. The molecule has 1 aromatic rings. The van der Waals surface area contributed by atoms with Gasteiger partial charge in [0.15, 0.2) is 6.29 Å². The average Bonchev–Trinajstić information content (AvgIpc) is 2.41. The van der Waals surface area contributed by atoms with Crippen LogP contribution in [0.2, 0.25) is 0 Å². The highest BCUT2D eigenvalue weighted by Crippen LogP contribution is 2.14. The molecule has 0 saturated carbocycles. The summed E-state index contributed by atoms with van der Waals surface area (Å²) in [6, 6.07) is 8.42. The zero-order valence-electron chi connectivity index (χ0n) is 10.2. The van der Waals surface area contributed by atoms with E-state index in [4.69, 9.17) is 9.47 Å². The van der Waals surface area contributed by atoms with Gasteiger partial charge in [-0.3, -0.25) is 0 Å². The molecule has 1 unspecified atom stereocenters. The Hall–Kier alpha value is -1.12. The molecule has 0 aliphatic carbocycles. The molecule has 92 valence electrons. The molecule has 17 heavy (non-hydrogen) atoms. The molecule has 1 saturated heterocycles. The van der Waals surface area contributed by atoms with Crippen molar-refractivity contribution in [3.63, 3.8) is 0 Å². The molecule has 1 fully saturated rings. The van der Waals surface area contributed by atoms with Gasteiger partial charge in [-0.1, -0.05) is 36.9 Å². The molecule has 2 heteroatoms. The standard InChI is InChI=1S/C15H20O2/c1-2-13-6-8-14(9-7-13)10-12-17-15-5-3-4-11-16-15/h2,6-9,15H,1,3-5,10-12H2. The van der Waals surface area contributed by atoms with E-state index in [1.54, 1.807) is 0 Å². The van der Waals surface area contributed by atoms with E-state index in [1.165, 1.54) is 18.4 Å². The summed E-state index contributed by atoms with van der Waals surface area (Å²) in [5, 5.41) is 0. The molecule has 0 N–H and O–H groups in total. The van der Waals surface area contributed by atoms with Crippen molar-refractivity contribution >= 4 is 6.08 Å². The molecule has 1 aromatic carbocycles. The summed E-state index contributed by atoms with van der Waals surface area (Å²) in [6.45, 7) is 5.32. The number of hydrogen-bond donors (Lipinski definition) is 0. The minimum atomic E-state index is 0.0243. The van der Waals surface area contributed by atoms with Crippen LogP contribution in [0.5, 0.6) is 0 Å². The SMILES string of the molecule is C=Cc1ccc(CCOC2CCCCO2)cc1. The smallest absolute Gasteiger partial charge is 0.157 e. The second-order valence-electron chi connectivity index (χ2n) is 4.36. The summed E-state index contributed by atoms with van der Waals surface area (Å²) in [7, 11) is 0. The van der Waals surface area contributed by atoms with Gasteiger partial charge in [-0.05, 0) is 36.8 Å². The van der Waals surface area contributed by atoms with Gasteiger partial charge in [0.1, 0.15) is 0 Å². The average molecular weight is 232 g/mol. The van der Waals surface area contributed by atoms with E-state index in [2.05, 4.69) is 30.8 Å². The fraction of sp³-hybridized carbons (Fsp3) is 0.467. The maximum Gasteiger partial charge on any atom is 0.157 e. The van der Waals surface area contributed by atoms with Gasteiger partial charge >= 0.3 is 0 Å². The van der Waals surface area contributed by atoms with Crippen LogP contribution >= 0.6 is 0 Å². The van der Waals surface area contributed by atoms with E-state index in [0.717, 1.165) is 31.6 Å². The molecule has 0 bridgehead atoms. The van der Waals surface area contributed by atoms with Gasteiger partial charge in [0.2, 0.25) is 0 Å². The molecule has 1 aliphatic heterocycles. The fourth-order valence-electron chi connectivity index (χ4n) is 1.97. The first-order valence-corrected chi connectivity index (χ1v) is 6.33. The lowest BCUT2D eigenvalue weighted by atomic mass is 10.1. The maximum absolute atomic E-state index is 5.70. The highest BCUT2D eigenvalue weighted by atomic mass is 16.7. The van der Waals surface area contributed by atoms with Crippen LogP contribution in [-0.4, -0.2) is 19.5 Å². The first-order chi connectivity index (χ1) is 8.38. The quantitative estimate of drug-likeness (QED) is 0.774. The van der Waals surface area contributed by atoms with Crippen molar-refractivity contribution in [3.8, 4) is 0 Å². The molecule has 1 atom stereocenters. The molecular weight excluding hydrogens is 212 g/mol. The number of hydrogen-bond acceptors (Lipinski definition) is 2. The predicted octanol–water partition coefficient (Wildman–Crippen LogP) is 3.42.